The van der Waals surface area contributed by atoms with Gasteiger partial charge in [0.15, 0.2) is 15.7 Å². The zero-order valence-corrected chi connectivity index (χ0v) is 23.6. The summed E-state index contributed by atoms with van der Waals surface area (Å²) in [4.78, 5) is 12.7. The second kappa shape index (κ2) is 11.9. The summed E-state index contributed by atoms with van der Waals surface area (Å²) in [6, 6.07) is 37.7. The van der Waals surface area contributed by atoms with Gasteiger partial charge >= 0.3 is 0 Å². The van der Waals surface area contributed by atoms with E-state index in [-0.39, 0.29) is 5.75 Å². The zero-order chi connectivity index (χ0) is 28.1. The van der Waals surface area contributed by atoms with Gasteiger partial charge in [0.25, 0.3) is 0 Å². The van der Waals surface area contributed by atoms with Crippen molar-refractivity contribution >= 4 is 37.6 Å². The molecule has 0 fully saturated rings. The highest BCUT2D eigenvalue weighted by atomic mass is 32.2. The van der Waals surface area contributed by atoms with E-state index in [1.165, 1.54) is 11.1 Å². The number of hydrogen-bond donors (Lipinski definition) is 0. The van der Waals surface area contributed by atoms with Gasteiger partial charge < -0.3 is 9.47 Å². The average molecular weight is 561 g/mol. The lowest BCUT2D eigenvalue weighted by atomic mass is 10.1. The number of aryl methyl sites for hydroxylation is 1. The molecule has 6 nitrogen and oxygen atoms in total. The van der Waals surface area contributed by atoms with Crippen LogP contribution in [0.5, 0.6) is 0 Å². The number of hydrogen-bond acceptors (Lipinski definition) is 5. The molecule has 0 aliphatic heterocycles. The minimum absolute atomic E-state index is 0.124. The Bertz CT molecular complexity index is 1810. The van der Waals surface area contributed by atoms with E-state index in [0.29, 0.717) is 31.0 Å². The standard InChI is InChI=1S/C34H32N4O2S/c39-41(40,29-18-8-3-9-19-29)23-13-12-22-37-26-35-32-33(37)30-20-10-11-21-31(30)36-34(32)38(24-27-14-4-1-5-15-27)25-28-16-6-2-7-17-28/h1-11,14-21,26H,12-13,22-25H2. The molecule has 0 spiro atoms. The topological polar surface area (TPSA) is 68.1 Å². The second-order valence-electron chi connectivity index (χ2n) is 10.3. The molecular weight excluding hydrogens is 528 g/mol. The number of aromatic nitrogens is 3. The van der Waals surface area contributed by atoms with E-state index in [9.17, 15) is 8.42 Å². The second-order valence-corrected chi connectivity index (χ2v) is 12.4. The lowest BCUT2D eigenvalue weighted by molar-refractivity contribution is 0.585. The smallest absolute Gasteiger partial charge is 0.178 e. The number of nitrogens with zero attached hydrogens (tertiary/aromatic N) is 4. The van der Waals surface area contributed by atoms with Gasteiger partial charge in [-0.25, -0.2) is 18.4 Å². The number of fused-ring (bicyclic) bond motifs is 3. The molecule has 0 unspecified atom stereocenters. The Labute approximate surface area is 240 Å². The van der Waals surface area contributed by atoms with Gasteiger partial charge in [-0.15, -0.1) is 0 Å². The van der Waals surface area contributed by atoms with Crippen LogP contribution < -0.4 is 4.90 Å². The molecule has 2 heterocycles. The highest BCUT2D eigenvalue weighted by molar-refractivity contribution is 7.91. The molecule has 6 rings (SSSR count). The Morgan fingerprint density at radius 3 is 1.93 bits per heavy atom. The predicted molar refractivity (Wildman–Crippen MR) is 166 cm³/mol. The molecule has 2 aromatic heterocycles. The average Bonchev–Trinajstić information content (AvgIpc) is 3.44. The molecule has 0 aliphatic carbocycles. The molecule has 4 aromatic carbocycles. The lowest BCUT2D eigenvalue weighted by Crippen LogP contribution is -2.23. The van der Waals surface area contributed by atoms with Gasteiger partial charge in [-0.2, -0.15) is 0 Å². The van der Waals surface area contributed by atoms with Crippen LogP contribution in [0.25, 0.3) is 21.9 Å². The first-order valence-electron chi connectivity index (χ1n) is 13.9. The van der Waals surface area contributed by atoms with Crippen LogP contribution in [0.2, 0.25) is 0 Å². The van der Waals surface area contributed by atoms with Crippen LogP contribution in [0.4, 0.5) is 5.82 Å². The van der Waals surface area contributed by atoms with Crippen molar-refractivity contribution in [2.24, 2.45) is 0 Å². The summed E-state index contributed by atoms with van der Waals surface area (Å²) in [6.07, 6.45) is 3.17. The van der Waals surface area contributed by atoms with Crippen LogP contribution in [0, 0.1) is 0 Å². The van der Waals surface area contributed by atoms with Gasteiger partial charge in [0.1, 0.15) is 5.52 Å². The Kier molecular flexibility index (Phi) is 7.78. The number of unbranched alkanes of at least 4 members (excludes halogenated alkanes) is 1. The summed E-state index contributed by atoms with van der Waals surface area (Å²) in [6.45, 7) is 2.06. The van der Waals surface area contributed by atoms with Crippen molar-refractivity contribution < 1.29 is 8.42 Å². The summed E-state index contributed by atoms with van der Waals surface area (Å²) < 4.78 is 27.7. The van der Waals surface area contributed by atoms with Crippen LogP contribution in [-0.2, 0) is 29.5 Å². The van der Waals surface area contributed by atoms with Crippen LogP contribution >= 0.6 is 0 Å². The van der Waals surface area contributed by atoms with E-state index in [4.69, 9.17) is 9.97 Å². The van der Waals surface area contributed by atoms with E-state index >= 15 is 0 Å². The van der Waals surface area contributed by atoms with Crippen molar-refractivity contribution in [3.05, 3.63) is 133 Å². The molecule has 0 bridgehead atoms. The molecule has 206 valence electrons. The van der Waals surface area contributed by atoms with Crippen molar-refractivity contribution in [1.29, 1.82) is 0 Å². The fraction of sp³-hybridized carbons (Fsp3) is 0.176. The van der Waals surface area contributed by atoms with Crippen LogP contribution in [0.3, 0.4) is 0 Å². The van der Waals surface area contributed by atoms with Gasteiger partial charge in [0.2, 0.25) is 0 Å². The SMILES string of the molecule is O=S(=O)(CCCCn1cnc2c(N(Cc3ccccc3)Cc3ccccc3)nc3ccccc3c21)c1ccccc1. The third kappa shape index (κ3) is 6.00. The maximum absolute atomic E-state index is 12.8. The van der Waals surface area contributed by atoms with E-state index < -0.39 is 9.84 Å². The Hall–Kier alpha value is -4.49. The van der Waals surface area contributed by atoms with E-state index in [1.807, 2.05) is 42.7 Å². The van der Waals surface area contributed by atoms with Gasteiger partial charge in [-0.05, 0) is 42.2 Å². The molecular formula is C34H32N4O2S. The number of pyridine rings is 1. The van der Waals surface area contributed by atoms with Gasteiger partial charge in [0, 0.05) is 25.0 Å². The third-order valence-corrected chi connectivity index (χ3v) is 9.15. The fourth-order valence-electron chi connectivity index (χ4n) is 5.29. The number of rotatable bonds is 11. The summed E-state index contributed by atoms with van der Waals surface area (Å²) in [5.41, 5.74) is 5.20. The highest BCUT2D eigenvalue weighted by Crippen LogP contribution is 2.32. The molecule has 0 saturated carbocycles. The fourth-order valence-corrected chi connectivity index (χ4v) is 6.68. The van der Waals surface area contributed by atoms with Crippen molar-refractivity contribution in [3.8, 4) is 0 Å². The van der Waals surface area contributed by atoms with Crippen molar-refractivity contribution in [3.63, 3.8) is 0 Å². The first-order valence-corrected chi connectivity index (χ1v) is 15.6. The largest absolute Gasteiger partial charge is 0.346 e. The number of imidazole rings is 1. The molecule has 0 N–H and O–H groups in total. The summed E-state index contributed by atoms with van der Waals surface area (Å²) in [7, 11) is -3.30. The number of benzene rings is 4. The summed E-state index contributed by atoms with van der Waals surface area (Å²) in [5.74, 6) is 0.968. The first-order chi connectivity index (χ1) is 20.1. The molecule has 0 aliphatic rings. The molecule has 0 radical (unpaired) electrons. The zero-order valence-electron chi connectivity index (χ0n) is 22.8. The van der Waals surface area contributed by atoms with Gasteiger partial charge in [-0.1, -0.05) is 97.1 Å². The quantitative estimate of drug-likeness (QED) is 0.159. The van der Waals surface area contributed by atoms with E-state index in [2.05, 4.69) is 64.1 Å². The molecule has 6 aromatic rings. The molecule has 0 atom stereocenters. The van der Waals surface area contributed by atoms with Crippen LogP contribution in [-0.4, -0.2) is 28.7 Å². The predicted octanol–water partition coefficient (Wildman–Crippen LogP) is 7.05. The third-order valence-electron chi connectivity index (χ3n) is 7.33. The summed E-state index contributed by atoms with van der Waals surface area (Å²) in [5, 5.41) is 1.04. The Morgan fingerprint density at radius 1 is 0.683 bits per heavy atom. The summed E-state index contributed by atoms with van der Waals surface area (Å²) >= 11 is 0. The van der Waals surface area contributed by atoms with Crippen molar-refractivity contribution in [2.45, 2.75) is 37.4 Å². The van der Waals surface area contributed by atoms with Crippen LogP contribution in [0.15, 0.2) is 126 Å². The maximum Gasteiger partial charge on any atom is 0.178 e. The highest BCUT2D eigenvalue weighted by Gasteiger charge is 2.20. The van der Waals surface area contributed by atoms with Gasteiger partial charge in [-0.3, -0.25) is 0 Å². The first kappa shape index (κ1) is 26.7. The van der Waals surface area contributed by atoms with Crippen molar-refractivity contribution in [2.75, 3.05) is 10.7 Å². The van der Waals surface area contributed by atoms with Crippen LogP contribution in [0.1, 0.15) is 24.0 Å². The number of sulfone groups is 1. The Morgan fingerprint density at radius 2 is 1.27 bits per heavy atom. The lowest BCUT2D eigenvalue weighted by Gasteiger charge is -2.25. The number of para-hydroxylation sites is 1. The molecule has 41 heavy (non-hydrogen) atoms. The van der Waals surface area contributed by atoms with E-state index in [0.717, 1.165) is 34.2 Å². The van der Waals surface area contributed by atoms with Gasteiger partial charge in [0.05, 0.1) is 28.0 Å². The molecule has 0 amide bonds. The Balaban J connectivity index is 1.33. The maximum atomic E-state index is 12.8. The molecule has 0 saturated heterocycles. The normalized spacial score (nSPS) is 11.7. The molecule has 7 heteroatoms. The minimum atomic E-state index is -3.30. The minimum Gasteiger partial charge on any atom is -0.346 e. The van der Waals surface area contributed by atoms with Crippen molar-refractivity contribution in [1.82, 2.24) is 14.5 Å². The monoisotopic (exact) mass is 560 g/mol. The number of anilines is 1. The van der Waals surface area contributed by atoms with E-state index in [1.54, 1.807) is 24.3 Å².